The number of nitrogens with zero attached hydrogens (tertiary/aromatic N) is 2. The van der Waals surface area contributed by atoms with Gasteiger partial charge in [-0.25, -0.2) is 4.98 Å². The molecule has 3 heterocycles. The number of hydrogen-bond acceptors (Lipinski definition) is 2. The van der Waals surface area contributed by atoms with Gasteiger partial charge in [0.1, 0.15) is 5.65 Å². The molecule has 0 spiro atoms. The van der Waals surface area contributed by atoms with Gasteiger partial charge in [0, 0.05) is 22.7 Å². The Hall–Kier alpha value is -1.62. The molecular weight excluding hydrogens is 392 g/mol. The highest BCUT2D eigenvalue weighted by molar-refractivity contribution is 9.10. The van der Waals surface area contributed by atoms with Gasteiger partial charge in [0.05, 0.1) is 16.4 Å². The largest absolute Gasteiger partial charge is 0.302 e. The number of fused-ring (bicyclic) bond motifs is 1. The highest BCUT2D eigenvalue weighted by Crippen LogP contribution is 2.29. The van der Waals surface area contributed by atoms with Crippen molar-refractivity contribution in [3.63, 3.8) is 0 Å². The Morgan fingerprint density at radius 2 is 2.09 bits per heavy atom. The maximum atomic E-state index is 6.20. The quantitative estimate of drug-likeness (QED) is 0.406. The molecule has 23 heavy (non-hydrogen) atoms. The lowest BCUT2D eigenvalue weighted by Crippen LogP contribution is -1.95. The van der Waals surface area contributed by atoms with E-state index in [-0.39, 0.29) is 0 Å². The first-order valence-corrected chi connectivity index (χ1v) is 9.25. The number of aromatic nitrogens is 2. The molecule has 0 radical (unpaired) electrons. The van der Waals surface area contributed by atoms with Crippen LogP contribution < -0.4 is 0 Å². The zero-order valence-corrected chi connectivity index (χ0v) is 15.2. The molecule has 5 heteroatoms. The third-order valence-corrected chi connectivity index (χ3v) is 5.18. The molecule has 3 aromatic heterocycles. The van der Waals surface area contributed by atoms with Crippen LogP contribution in [0.5, 0.6) is 0 Å². The average molecular weight is 404 g/mol. The molecule has 0 fully saturated rings. The number of rotatable bonds is 3. The molecule has 114 valence electrons. The molecular formula is C18H12BrClN2S. The van der Waals surface area contributed by atoms with Crippen LogP contribution in [0, 0.1) is 0 Å². The highest BCUT2D eigenvalue weighted by Gasteiger charge is 2.15. The Kier molecular flexibility index (Phi) is 3.97. The second-order valence-corrected chi connectivity index (χ2v) is 7.43. The smallest absolute Gasteiger partial charge is 0.137 e. The van der Waals surface area contributed by atoms with E-state index in [0.717, 1.165) is 33.5 Å². The summed E-state index contributed by atoms with van der Waals surface area (Å²) in [6.07, 6.45) is 2.76. The van der Waals surface area contributed by atoms with Crippen LogP contribution in [0.2, 0.25) is 5.02 Å². The summed E-state index contributed by atoms with van der Waals surface area (Å²) in [7, 11) is 0. The lowest BCUT2D eigenvalue weighted by Gasteiger charge is -2.05. The van der Waals surface area contributed by atoms with Gasteiger partial charge < -0.3 is 4.40 Å². The number of halogens is 2. The van der Waals surface area contributed by atoms with Crippen molar-refractivity contribution in [1.29, 1.82) is 0 Å². The maximum absolute atomic E-state index is 6.20. The summed E-state index contributed by atoms with van der Waals surface area (Å²) in [5.74, 6) is 0. The normalized spacial score (nSPS) is 11.2. The van der Waals surface area contributed by atoms with E-state index in [1.807, 2.05) is 30.5 Å². The van der Waals surface area contributed by atoms with Crippen molar-refractivity contribution in [2.24, 2.45) is 0 Å². The van der Waals surface area contributed by atoms with E-state index in [2.05, 4.69) is 49.3 Å². The zero-order valence-electron chi connectivity index (χ0n) is 12.0. The van der Waals surface area contributed by atoms with Gasteiger partial charge in [-0.15, -0.1) is 0 Å². The van der Waals surface area contributed by atoms with Gasteiger partial charge in [-0.2, -0.15) is 11.3 Å². The van der Waals surface area contributed by atoms with Crippen molar-refractivity contribution in [2.75, 3.05) is 0 Å². The van der Waals surface area contributed by atoms with E-state index < -0.39 is 0 Å². The Bertz CT molecular complexity index is 976. The van der Waals surface area contributed by atoms with Crippen molar-refractivity contribution in [3.05, 3.63) is 80.2 Å². The Labute approximate surface area is 151 Å². The minimum absolute atomic E-state index is 0.710. The van der Waals surface area contributed by atoms with E-state index in [1.54, 1.807) is 11.3 Å². The Morgan fingerprint density at radius 1 is 1.17 bits per heavy atom. The number of thiophene rings is 1. The van der Waals surface area contributed by atoms with Gasteiger partial charge in [-0.1, -0.05) is 39.7 Å². The van der Waals surface area contributed by atoms with E-state index in [4.69, 9.17) is 16.6 Å². The van der Waals surface area contributed by atoms with Crippen LogP contribution >= 0.6 is 38.9 Å². The van der Waals surface area contributed by atoms with Crippen molar-refractivity contribution < 1.29 is 0 Å². The molecule has 0 saturated carbocycles. The molecule has 0 aliphatic heterocycles. The van der Waals surface area contributed by atoms with Crippen molar-refractivity contribution in [2.45, 2.75) is 6.42 Å². The van der Waals surface area contributed by atoms with Crippen molar-refractivity contribution in [1.82, 2.24) is 9.38 Å². The summed E-state index contributed by atoms with van der Waals surface area (Å²) < 4.78 is 3.14. The molecule has 1 aromatic carbocycles. The Morgan fingerprint density at radius 3 is 2.87 bits per heavy atom. The molecule has 0 atom stereocenters. The molecule has 0 aliphatic carbocycles. The second kappa shape index (κ2) is 6.11. The van der Waals surface area contributed by atoms with Crippen LogP contribution in [-0.4, -0.2) is 9.38 Å². The van der Waals surface area contributed by atoms with Crippen LogP contribution in [-0.2, 0) is 6.42 Å². The van der Waals surface area contributed by atoms with Gasteiger partial charge in [0.2, 0.25) is 0 Å². The number of hydrogen-bond donors (Lipinski definition) is 0. The van der Waals surface area contributed by atoms with Gasteiger partial charge in [0.25, 0.3) is 0 Å². The topological polar surface area (TPSA) is 17.3 Å². The summed E-state index contributed by atoms with van der Waals surface area (Å²) in [6, 6.07) is 14.2. The fourth-order valence-electron chi connectivity index (χ4n) is 2.69. The van der Waals surface area contributed by atoms with Gasteiger partial charge in [0.15, 0.2) is 0 Å². The molecule has 0 saturated heterocycles. The molecule has 4 rings (SSSR count). The summed E-state index contributed by atoms with van der Waals surface area (Å²) in [6.45, 7) is 0. The minimum atomic E-state index is 0.710. The standard InChI is InChI=1S/C18H12BrClN2S/c19-14-3-1-2-13(9-14)18-16(8-12-6-7-23-11-12)22-10-15(20)4-5-17(22)21-18/h1-7,9-11H,8H2. The number of imidazole rings is 1. The maximum Gasteiger partial charge on any atom is 0.137 e. The van der Waals surface area contributed by atoms with Gasteiger partial charge >= 0.3 is 0 Å². The van der Waals surface area contributed by atoms with Crippen LogP contribution in [0.25, 0.3) is 16.9 Å². The SMILES string of the molecule is Clc1ccc2nc(-c3cccc(Br)c3)c(Cc3ccsc3)n2c1. The van der Waals surface area contributed by atoms with Crippen LogP contribution in [0.3, 0.4) is 0 Å². The van der Waals surface area contributed by atoms with Crippen LogP contribution in [0.1, 0.15) is 11.3 Å². The lowest BCUT2D eigenvalue weighted by molar-refractivity contribution is 1.03. The first-order chi connectivity index (χ1) is 11.2. The molecule has 0 unspecified atom stereocenters. The van der Waals surface area contributed by atoms with E-state index >= 15 is 0 Å². The third kappa shape index (κ3) is 2.94. The molecule has 4 aromatic rings. The molecule has 0 amide bonds. The Balaban J connectivity index is 1.95. The van der Waals surface area contributed by atoms with Crippen molar-refractivity contribution >= 4 is 44.5 Å². The summed E-state index contributed by atoms with van der Waals surface area (Å²) >= 11 is 11.5. The minimum Gasteiger partial charge on any atom is -0.302 e. The fraction of sp³-hybridized carbons (Fsp3) is 0.0556. The molecule has 0 bridgehead atoms. The van der Waals surface area contributed by atoms with Crippen molar-refractivity contribution in [3.8, 4) is 11.3 Å². The summed E-state index contributed by atoms with van der Waals surface area (Å²) in [5, 5.41) is 4.99. The zero-order chi connectivity index (χ0) is 15.8. The molecule has 0 N–H and O–H groups in total. The monoisotopic (exact) mass is 402 g/mol. The van der Waals surface area contributed by atoms with Gasteiger partial charge in [-0.05, 0) is 46.7 Å². The highest BCUT2D eigenvalue weighted by atomic mass is 79.9. The molecule has 0 aliphatic rings. The first kappa shape index (κ1) is 14.9. The summed E-state index contributed by atoms with van der Waals surface area (Å²) in [4.78, 5) is 4.83. The number of pyridine rings is 1. The fourth-order valence-corrected chi connectivity index (χ4v) is 3.92. The molecule has 2 nitrogen and oxygen atoms in total. The van der Waals surface area contributed by atoms with E-state index in [0.29, 0.717) is 5.02 Å². The number of benzene rings is 1. The van der Waals surface area contributed by atoms with Crippen LogP contribution in [0.15, 0.2) is 63.9 Å². The lowest BCUT2D eigenvalue weighted by atomic mass is 10.1. The second-order valence-electron chi connectivity index (χ2n) is 5.30. The average Bonchev–Trinajstić information content (AvgIpc) is 3.16. The van der Waals surface area contributed by atoms with Crippen LogP contribution in [0.4, 0.5) is 0 Å². The summed E-state index contributed by atoms with van der Waals surface area (Å²) in [5.41, 5.74) is 5.45. The van der Waals surface area contributed by atoms with E-state index in [9.17, 15) is 0 Å². The van der Waals surface area contributed by atoms with E-state index in [1.165, 1.54) is 5.56 Å². The first-order valence-electron chi connectivity index (χ1n) is 7.14. The van der Waals surface area contributed by atoms with Gasteiger partial charge in [-0.3, -0.25) is 0 Å². The predicted octanol–water partition coefficient (Wildman–Crippen LogP) is 6.07. The predicted molar refractivity (Wildman–Crippen MR) is 100 cm³/mol. The third-order valence-electron chi connectivity index (χ3n) is 3.73.